The van der Waals surface area contributed by atoms with Crippen LogP contribution in [0.1, 0.15) is 25.4 Å². The second kappa shape index (κ2) is 4.72. The summed E-state index contributed by atoms with van der Waals surface area (Å²) >= 11 is 0. The van der Waals surface area contributed by atoms with Crippen LogP contribution in [0.2, 0.25) is 0 Å². The van der Waals surface area contributed by atoms with Gasteiger partial charge in [-0.05, 0) is 6.92 Å². The largest absolute Gasteiger partial charge is 0.349 e. The number of nitrogens with one attached hydrogen (secondary N) is 2. The molecule has 0 spiro atoms. The summed E-state index contributed by atoms with van der Waals surface area (Å²) < 4.78 is 0. The molecule has 0 aliphatic rings. The molecule has 0 saturated carbocycles. The summed E-state index contributed by atoms with van der Waals surface area (Å²) in [5.74, 6) is 0.356. The van der Waals surface area contributed by atoms with Gasteiger partial charge in [-0.1, -0.05) is 13.8 Å². The molecule has 0 unspecified atom stereocenters. The zero-order valence-electron chi connectivity index (χ0n) is 9.13. The molecule has 0 bridgehead atoms. The van der Waals surface area contributed by atoms with E-state index in [1.54, 1.807) is 6.92 Å². The predicted octanol–water partition coefficient (Wildman–Crippen LogP) is 0.351. The molecule has 0 aliphatic heterocycles. The van der Waals surface area contributed by atoms with E-state index in [1.165, 1.54) is 6.07 Å². The Morgan fingerprint density at radius 3 is 2.80 bits per heavy atom. The van der Waals surface area contributed by atoms with Gasteiger partial charge in [0.25, 0.3) is 5.56 Å². The Morgan fingerprint density at radius 2 is 2.27 bits per heavy atom. The number of amides is 1. The maximum atomic E-state index is 11.3. The van der Waals surface area contributed by atoms with Crippen molar-refractivity contribution in [3.05, 3.63) is 27.9 Å². The van der Waals surface area contributed by atoms with E-state index in [2.05, 4.69) is 15.3 Å². The number of aryl methyl sites for hydroxylation is 1. The van der Waals surface area contributed by atoms with Gasteiger partial charge >= 0.3 is 0 Å². The normalized spacial score (nSPS) is 10.4. The van der Waals surface area contributed by atoms with E-state index in [1.807, 2.05) is 13.8 Å². The van der Waals surface area contributed by atoms with Gasteiger partial charge in [-0.15, -0.1) is 0 Å². The molecule has 0 atom stereocenters. The first-order chi connectivity index (χ1) is 6.99. The Bertz CT molecular complexity index is 409. The van der Waals surface area contributed by atoms with Gasteiger partial charge in [0, 0.05) is 17.7 Å². The van der Waals surface area contributed by atoms with E-state index in [0.29, 0.717) is 11.5 Å². The minimum Gasteiger partial charge on any atom is -0.349 e. The molecule has 0 aromatic carbocycles. The van der Waals surface area contributed by atoms with E-state index in [-0.39, 0.29) is 23.9 Å². The first kappa shape index (κ1) is 11.4. The highest BCUT2D eigenvalue weighted by molar-refractivity contribution is 5.77. The van der Waals surface area contributed by atoms with Crippen LogP contribution in [0.4, 0.5) is 0 Å². The van der Waals surface area contributed by atoms with Crippen LogP contribution < -0.4 is 10.9 Å². The van der Waals surface area contributed by atoms with Gasteiger partial charge in [0.05, 0.1) is 6.54 Å². The van der Waals surface area contributed by atoms with Crippen LogP contribution in [0.15, 0.2) is 10.9 Å². The van der Waals surface area contributed by atoms with Crippen molar-refractivity contribution in [1.82, 2.24) is 15.3 Å². The van der Waals surface area contributed by atoms with E-state index in [9.17, 15) is 9.59 Å². The number of hydrogen-bond acceptors (Lipinski definition) is 3. The summed E-state index contributed by atoms with van der Waals surface area (Å²) in [4.78, 5) is 29.0. The number of carbonyl (C=O) groups is 1. The van der Waals surface area contributed by atoms with E-state index < -0.39 is 0 Å². The topological polar surface area (TPSA) is 74.8 Å². The molecule has 0 radical (unpaired) electrons. The molecule has 1 aromatic rings. The van der Waals surface area contributed by atoms with E-state index >= 15 is 0 Å². The fourth-order valence-corrected chi connectivity index (χ4v) is 1.10. The van der Waals surface area contributed by atoms with Crippen molar-refractivity contribution in [2.45, 2.75) is 27.3 Å². The molecule has 0 saturated heterocycles. The molecule has 1 aromatic heterocycles. The molecule has 1 rings (SSSR count). The van der Waals surface area contributed by atoms with Crippen molar-refractivity contribution in [3.63, 3.8) is 0 Å². The quantitative estimate of drug-likeness (QED) is 0.754. The fourth-order valence-electron chi connectivity index (χ4n) is 1.10. The molecule has 1 heterocycles. The minimum absolute atomic E-state index is 0.0563. The first-order valence-corrected chi connectivity index (χ1v) is 4.83. The fraction of sp³-hybridized carbons (Fsp3) is 0.500. The van der Waals surface area contributed by atoms with Crippen LogP contribution in [-0.4, -0.2) is 15.9 Å². The van der Waals surface area contributed by atoms with Crippen LogP contribution in [0.25, 0.3) is 0 Å². The van der Waals surface area contributed by atoms with Crippen LogP contribution in [0.5, 0.6) is 0 Å². The summed E-state index contributed by atoms with van der Waals surface area (Å²) in [5, 5.41) is 2.68. The molecule has 0 aliphatic carbocycles. The van der Waals surface area contributed by atoms with E-state index in [0.717, 1.165) is 0 Å². The zero-order valence-corrected chi connectivity index (χ0v) is 9.13. The summed E-state index contributed by atoms with van der Waals surface area (Å²) in [5.41, 5.74) is 0.448. The monoisotopic (exact) mass is 209 g/mol. The van der Waals surface area contributed by atoms with Crippen molar-refractivity contribution >= 4 is 5.91 Å². The number of rotatable bonds is 3. The Labute approximate surface area is 87.9 Å². The average molecular weight is 209 g/mol. The van der Waals surface area contributed by atoms with Crippen molar-refractivity contribution < 1.29 is 4.79 Å². The lowest BCUT2D eigenvalue weighted by Gasteiger charge is -2.06. The van der Waals surface area contributed by atoms with Crippen molar-refractivity contribution in [3.8, 4) is 0 Å². The Hall–Kier alpha value is -1.65. The second-order valence-electron chi connectivity index (χ2n) is 3.71. The first-order valence-electron chi connectivity index (χ1n) is 4.83. The summed E-state index contributed by atoms with van der Waals surface area (Å²) in [7, 11) is 0. The van der Waals surface area contributed by atoms with Crippen LogP contribution >= 0.6 is 0 Å². The molecule has 5 heteroatoms. The molecule has 1 amide bonds. The van der Waals surface area contributed by atoms with Gasteiger partial charge in [-0.2, -0.15) is 0 Å². The Kier molecular flexibility index (Phi) is 3.60. The number of aromatic amines is 1. The highest BCUT2D eigenvalue weighted by atomic mass is 16.2. The highest BCUT2D eigenvalue weighted by Gasteiger charge is 2.06. The molecular weight excluding hydrogens is 194 g/mol. The molecule has 2 N–H and O–H groups in total. The lowest BCUT2D eigenvalue weighted by molar-refractivity contribution is -0.124. The lowest BCUT2D eigenvalue weighted by atomic mass is 10.2. The highest BCUT2D eigenvalue weighted by Crippen LogP contribution is 1.93. The number of aromatic nitrogens is 2. The van der Waals surface area contributed by atoms with Gasteiger partial charge in [0.2, 0.25) is 5.91 Å². The van der Waals surface area contributed by atoms with Gasteiger partial charge in [-0.3, -0.25) is 9.59 Å². The van der Waals surface area contributed by atoms with Crippen LogP contribution in [0.3, 0.4) is 0 Å². The third-order valence-corrected chi connectivity index (χ3v) is 1.87. The summed E-state index contributed by atoms with van der Waals surface area (Å²) in [6, 6.07) is 1.41. The van der Waals surface area contributed by atoms with Gasteiger partial charge < -0.3 is 10.3 Å². The summed E-state index contributed by atoms with van der Waals surface area (Å²) in [6.45, 7) is 5.61. The molecule has 15 heavy (non-hydrogen) atoms. The number of carbonyl (C=O) groups excluding carboxylic acids is 1. The zero-order chi connectivity index (χ0) is 11.4. The second-order valence-corrected chi connectivity index (χ2v) is 3.71. The average Bonchev–Trinajstić information content (AvgIpc) is 2.12. The van der Waals surface area contributed by atoms with Crippen molar-refractivity contribution in [2.75, 3.05) is 0 Å². The number of nitrogens with zero attached hydrogens (tertiary/aromatic N) is 1. The van der Waals surface area contributed by atoms with E-state index in [4.69, 9.17) is 0 Å². The van der Waals surface area contributed by atoms with Gasteiger partial charge in [0.1, 0.15) is 5.82 Å². The SMILES string of the molecule is Cc1cc(=O)[nH]c(CNC(=O)C(C)C)n1. The molecule has 5 nitrogen and oxygen atoms in total. The molecule has 82 valence electrons. The Morgan fingerprint density at radius 1 is 1.60 bits per heavy atom. The van der Waals surface area contributed by atoms with Crippen LogP contribution in [0, 0.1) is 12.8 Å². The molecule has 0 fully saturated rings. The van der Waals surface area contributed by atoms with Gasteiger partial charge in [-0.25, -0.2) is 4.98 Å². The number of hydrogen-bond donors (Lipinski definition) is 2. The minimum atomic E-state index is -0.198. The van der Waals surface area contributed by atoms with Crippen molar-refractivity contribution in [1.29, 1.82) is 0 Å². The van der Waals surface area contributed by atoms with Gasteiger partial charge in [0.15, 0.2) is 0 Å². The standard InChI is InChI=1S/C10H15N3O2/c1-6(2)10(15)11-5-8-12-7(3)4-9(14)13-8/h4,6H,5H2,1-3H3,(H,11,15)(H,12,13,14). The smallest absolute Gasteiger partial charge is 0.251 e. The maximum Gasteiger partial charge on any atom is 0.251 e. The lowest BCUT2D eigenvalue weighted by Crippen LogP contribution is -2.29. The number of H-pyrrole nitrogens is 1. The maximum absolute atomic E-state index is 11.3. The third kappa shape index (κ3) is 3.53. The molecular formula is C10H15N3O2. The third-order valence-electron chi connectivity index (χ3n) is 1.87. The Balaban J connectivity index is 2.66. The summed E-state index contributed by atoms with van der Waals surface area (Å²) in [6.07, 6.45) is 0. The van der Waals surface area contributed by atoms with Crippen LogP contribution in [-0.2, 0) is 11.3 Å². The van der Waals surface area contributed by atoms with Crippen molar-refractivity contribution in [2.24, 2.45) is 5.92 Å². The predicted molar refractivity (Wildman–Crippen MR) is 56.3 cm³/mol.